The van der Waals surface area contributed by atoms with Crippen LogP contribution in [0.3, 0.4) is 0 Å². The summed E-state index contributed by atoms with van der Waals surface area (Å²) < 4.78 is 0. The molecule has 1 aliphatic heterocycles. The predicted octanol–water partition coefficient (Wildman–Crippen LogP) is 1.87. The molecule has 0 aromatic heterocycles. The Hall–Kier alpha value is -0.560. The third kappa shape index (κ3) is 1.48. The highest BCUT2D eigenvalue weighted by Gasteiger charge is 2.08. The van der Waals surface area contributed by atoms with Gasteiger partial charge in [-0.3, -0.25) is 0 Å². The first-order chi connectivity index (χ1) is 4.88. The van der Waals surface area contributed by atoms with Crippen LogP contribution in [0, 0.1) is 0 Å². The van der Waals surface area contributed by atoms with E-state index in [-0.39, 0.29) is 0 Å². The first kappa shape index (κ1) is 7.55. The standard InChI is InChI=1S/C9H15N/c1-3-5-9-7-10-6-8(9)4-2/h4,10H,2-3,5-7H2,1H3. The van der Waals surface area contributed by atoms with Gasteiger partial charge in [-0.2, -0.15) is 0 Å². The third-order valence-electron chi connectivity index (χ3n) is 1.91. The highest BCUT2D eigenvalue weighted by atomic mass is 14.9. The second-order valence-corrected chi connectivity index (χ2v) is 2.69. The van der Waals surface area contributed by atoms with Gasteiger partial charge >= 0.3 is 0 Å². The molecule has 0 radical (unpaired) electrons. The number of hydrogen-bond donors (Lipinski definition) is 1. The molecule has 0 bridgehead atoms. The van der Waals surface area contributed by atoms with Crippen molar-refractivity contribution in [3.05, 3.63) is 23.8 Å². The minimum atomic E-state index is 1.03. The van der Waals surface area contributed by atoms with Gasteiger partial charge in [-0.1, -0.05) is 31.6 Å². The Kier molecular flexibility index (Phi) is 2.69. The summed E-state index contributed by atoms with van der Waals surface area (Å²) in [6.45, 7) is 8.10. The number of nitrogens with one attached hydrogen (secondary N) is 1. The monoisotopic (exact) mass is 137 g/mol. The Balaban J connectivity index is 2.58. The zero-order valence-corrected chi connectivity index (χ0v) is 6.61. The Bertz CT molecular complexity index is 156. The van der Waals surface area contributed by atoms with Crippen LogP contribution in [0.25, 0.3) is 0 Å². The molecule has 0 spiro atoms. The van der Waals surface area contributed by atoms with Crippen LogP contribution in [-0.2, 0) is 0 Å². The zero-order chi connectivity index (χ0) is 7.40. The quantitative estimate of drug-likeness (QED) is 0.626. The average molecular weight is 137 g/mol. The molecule has 0 saturated heterocycles. The van der Waals surface area contributed by atoms with Gasteiger partial charge in [0.05, 0.1) is 0 Å². The first-order valence-electron chi connectivity index (χ1n) is 3.92. The molecule has 1 aliphatic rings. The molecule has 0 saturated carbocycles. The Labute approximate surface area is 62.8 Å². The summed E-state index contributed by atoms with van der Waals surface area (Å²) in [7, 11) is 0. The normalized spacial score (nSPS) is 18.1. The number of rotatable bonds is 3. The van der Waals surface area contributed by atoms with Crippen LogP contribution in [-0.4, -0.2) is 13.1 Å². The van der Waals surface area contributed by atoms with E-state index in [4.69, 9.17) is 0 Å². The van der Waals surface area contributed by atoms with Crippen LogP contribution in [0.5, 0.6) is 0 Å². The maximum absolute atomic E-state index is 3.78. The topological polar surface area (TPSA) is 12.0 Å². The Morgan fingerprint density at radius 1 is 1.60 bits per heavy atom. The van der Waals surface area contributed by atoms with Gasteiger partial charge in [0.25, 0.3) is 0 Å². The molecule has 0 aliphatic carbocycles. The van der Waals surface area contributed by atoms with Crippen molar-refractivity contribution in [2.24, 2.45) is 0 Å². The Morgan fingerprint density at radius 3 is 3.00 bits per heavy atom. The van der Waals surface area contributed by atoms with E-state index in [0.29, 0.717) is 0 Å². The van der Waals surface area contributed by atoms with Gasteiger partial charge < -0.3 is 5.32 Å². The zero-order valence-electron chi connectivity index (χ0n) is 6.61. The van der Waals surface area contributed by atoms with E-state index < -0.39 is 0 Å². The molecule has 0 amide bonds. The summed E-state index contributed by atoms with van der Waals surface area (Å²) in [5.74, 6) is 0. The van der Waals surface area contributed by atoms with Crippen molar-refractivity contribution in [3.8, 4) is 0 Å². The van der Waals surface area contributed by atoms with Crippen LogP contribution in [0.15, 0.2) is 23.8 Å². The van der Waals surface area contributed by atoms with Crippen LogP contribution < -0.4 is 5.32 Å². The molecule has 1 heteroatoms. The van der Waals surface area contributed by atoms with Crippen molar-refractivity contribution >= 4 is 0 Å². The van der Waals surface area contributed by atoms with E-state index in [1.807, 2.05) is 6.08 Å². The molecule has 10 heavy (non-hydrogen) atoms. The molecule has 0 unspecified atom stereocenters. The lowest BCUT2D eigenvalue weighted by Crippen LogP contribution is -2.08. The van der Waals surface area contributed by atoms with Crippen molar-refractivity contribution in [3.63, 3.8) is 0 Å². The van der Waals surface area contributed by atoms with Gasteiger partial charge in [0, 0.05) is 13.1 Å². The van der Waals surface area contributed by atoms with E-state index in [1.165, 1.54) is 18.4 Å². The molecule has 1 nitrogen and oxygen atoms in total. The molecular weight excluding hydrogens is 122 g/mol. The molecule has 1 heterocycles. The summed E-state index contributed by atoms with van der Waals surface area (Å²) in [5.41, 5.74) is 2.97. The molecule has 1 rings (SSSR count). The molecule has 1 N–H and O–H groups in total. The van der Waals surface area contributed by atoms with Crippen molar-refractivity contribution in [2.45, 2.75) is 19.8 Å². The van der Waals surface area contributed by atoms with E-state index in [2.05, 4.69) is 18.8 Å². The second-order valence-electron chi connectivity index (χ2n) is 2.69. The number of hydrogen-bond acceptors (Lipinski definition) is 1. The fourth-order valence-corrected chi connectivity index (χ4v) is 1.35. The van der Waals surface area contributed by atoms with Gasteiger partial charge in [-0.25, -0.2) is 0 Å². The van der Waals surface area contributed by atoms with E-state index in [9.17, 15) is 0 Å². The molecular formula is C9H15N. The van der Waals surface area contributed by atoms with Crippen molar-refractivity contribution in [1.29, 1.82) is 0 Å². The first-order valence-corrected chi connectivity index (χ1v) is 3.92. The van der Waals surface area contributed by atoms with Gasteiger partial charge in [-0.05, 0) is 12.0 Å². The molecule has 0 atom stereocenters. The smallest absolute Gasteiger partial charge is 0.0208 e. The maximum Gasteiger partial charge on any atom is 0.0208 e. The molecule has 0 aromatic carbocycles. The minimum absolute atomic E-state index is 1.03. The van der Waals surface area contributed by atoms with Crippen molar-refractivity contribution in [1.82, 2.24) is 5.32 Å². The fraction of sp³-hybridized carbons (Fsp3) is 0.556. The van der Waals surface area contributed by atoms with Gasteiger partial charge in [0.2, 0.25) is 0 Å². The van der Waals surface area contributed by atoms with Crippen LogP contribution in [0.1, 0.15) is 19.8 Å². The van der Waals surface area contributed by atoms with E-state index >= 15 is 0 Å². The van der Waals surface area contributed by atoms with Crippen molar-refractivity contribution in [2.75, 3.05) is 13.1 Å². The van der Waals surface area contributed by atoms with Crippen LogP contribution in [0.2, 0.25) is 0 Å². The Morgan fingerprint density at radius 2 is 2.40 bits per heavy atom. The summed E-state index contributed by atoms with van der Waals surface area (Å²) in [5, 5.41) is 3.31. The van der Waals surface area contributed by atoms with Gasteiger partial charge in [0.15, 0.2) is 0 Å². The summed E-state index contributed by atoms with van der Waals surface area (Å²) in [6, 6.07) is 0. The predicted molar refractivity (Wildman–Crippen MR) is 45.0 cm³/mol. The average Bonchev–Trinajstić information content (AvgIpc) is 2.36. The summed E-state index contributed by atoms with van der Waals surface area (Å²) in [4.78, 5) is 0. The SMILES string of the molecule is C=CC1=C(CCC)CNC1. The van der Waals surface area contributed by atoms with E-state index in [1.54, 1.807) is 5.57 Å². The maximum atomic E-state index is 3.78. The highest BCUT2D eigenvalue weighted by molar-refractivity contribution is 5.30. The van der Waals surface area contributed by atoms with E-state index in [0.717, 1.165) is 13.1 Å². The van der Waals surface area contributed by atoms with Crippen LogP contribution in [0.4, 0.5) is 0 Å². The third-order valence-corrected chi connectivity index (χ3v) is 1.91. The molecule has 56 valence electrons. The lowest BCUT2D eigenvalue weighted by Gasteiger charge is -1.98. The van der Waals surface area contributed by atoms with Gasteiger partial charge in [-0.15, -0.1) is 0 Å². The minimum Gasteiger partial charge on any atom is -0.309 e. The molecule has 0 aromatic rings. The largest absolute Gasteiger partial charge is 0.309 e. The summed E-state index contributed by atoms with van der Waals surface area (Å²) in [6.07, 6.45) is 4.45. The highest BCUT2D eigenvalue weighted by Crippen LogP contribution is 2.15. The summed E-state index contributed by atoms with van der Waals surface area (Å²) >= 11 is 0. The lowest BCUT2D eigenvalue weighted by molar-refractivity contribution is 0.821. The molecule has 0 fully saturated rings. The fourth-order valence-electron chi connectivity index (χ4n) is 1.35. The van der Waals surface area contributed by atoms with Crippen molar-refractivity contribution < 1.29 is 0 Å². The van der Waals surface area contributed by atoms with Crippen LogP contribution >= 0.6 is 0 Å². The lowest BCUT2D eigenvalue weighted by atomic mass is 10.1. The van der Waals surface area contributed by atoms with Gasteiger partial charge in [0.1, 0.15) is 0 Å². The second kappa shape index (κ2) is 3.57.